The minimum Gasteiger partial charge on any atom is -0.487 e. The van der Waals surface area contributed by atoms with Crippen LogP contribution in [0.4, 0.5) is 8.78 Å². The van der Waals surface area contributed by atoms with Crippen molar-refractivity contribution in [2.24, 2.45) is 5.92 Å². The van der Waals surface area contributed by atoms with E-state index in [4.69, 9.17) is 15.4 Å². The lowest BCUT2D eigenvalue weighted by molar-refractivity contribution is 0.123. The zero-order valence-corrected chi connectivity index (χ0v) is 12.5. The van der Waals surface area contributed by atoms with E-state index in [1.807, 2.05) is 0 Å². The van der Waals surface area contributed by atoms with Gasteiger partial charge in [0.05, 0.1) is 6.10 Å². The van der Waals surface area contributed by atoms with E-state index in [1.54, 1.807) is 0 Å². The molecule has 0 bridgehead atoms. The summed E-state index contributed by atoms with van der Waals surface area (Å²) in [6, 6.07) is 2.02. The summed E-state index contributed by atoms with van der Waals surface area (Å²) in [5.41, 5.74) is 0. The Morgan fingerprint density at radius 3 is 2.55 bits per heavy atom. The minimum absolute atomic E-state index is 0.175. The van der Waals surface area contributed by atoms with Gasteiger partial charge in [0, 0.05) is 10.7 Å². The third kappa shape index (κ3) is 3.41. The van der Waals surface area contributed by atoms with Crippen molar-refractivity contribution in [2.75, 3.05) is 0 Å². The van der Waals surface area contributed by atoms with Gasteiger partial charge in [-0.15, -0.1) is 0 Å². The molecule has 1 aliphatic carbocycles. The normalized spacial score (nSPS) is 23.6. The number of rotatable bonds is 3. The summed E-state index contributed by atoms with van der Waals surface area (Å²) in [6.45, 7) is 2.08. The highest BCUT2D eigenvalue weighted by Crippen LogP contribution is 2.31. The first-order valence-corrected chi connectivity index (χ1v) is 8.69. The highest BCUT2D eigenvalue weighted by atomic mass is 35.7. The van der Waals surface area contributed by atoms with E-state index in [1.165, 1.54) is 0 Å². The second kappa shape index (κ2) is 5.85. The minimum atomic E-state index is -4.31. The third-order valence-electron chi connectivity index (χ3n) is 3.46. The van der Waals surface area contributed by atoms with E-state index in [-0.39, 0.29) is 11.9 Å². The monoisotopic (exact) mass is 324 g/mol. The molecule has 0 aliphatic heterocycles. The van der Waals surface area contributed by atoms with E-state index in [0.717, 1.165) is 37.8 Å². The summed E-state index contributed by atoms with van der Waals surface area (Å²) in [7, 11) is 0.711. The van der Waals surface area contributed by atoms with Gasteiger partial charge in [0.1, 0.15) is 4.90 Å². The topological polar surface area (TPSA) is 43.4 Å². The van der Waals surface area contributed by atoms with Gasteiger partial charge in [-0.2, -0.15) is 4.39 Å². The largest absolute Gasteiger partial charge is 0.487 e. The lowest BCUT2D eigenvalue weighted by atomic mass is 9.89. The highest BCUT2D eigenvalue weighted by Gasteiger charge is 2.25. The quantitative estimate of drug-likeness (QED) is 0.793. The van der Waals surface area contributed by atoms with Crippen LogP contribution >= 0.6 is 10.7 Å². The SMILES string of the molecule is CC1CCCC(Oc2ccc(S(=O)(=O)Cl)c(F)c2F)C1. The fraction of sp³-hybridized carbons (Fsp3) is 0.538. The van der Waals surface area contributed by atoms with Crippen LogP contribution in [0.3, 0.4) is 0 Å². The van der Waals surface area contributed by atoms with Crippen LogP contribution in [0.5, 0.6) is 5.75 Å². The first kappa shape index (κ1) is 15.5. The molecule has 0 amide bonds. The van der Waals surface area contributed by atoms with Gasteiger partial charge in [0.25, 0.3) is 9.05 Å². The van der Waals surface area contributed by atoms with E-state index >= 15 is 0 Å². The van der Waals surface area contributed by atoms with Crippen LogP contribution in [0.1, 0.15) is 32.6 Å². The Labute approximate surface area is 121 Å². The van der Waals surface area contributed by atoms with Gasteiger partial charge in [0.2, 0.25) is 5.82 Å². The molecule has 7 heteroatoms. The number of ether oxygens (including phenoxy) is 1. The van der Waals surface area contributed by atoms with Gasteiger partial charge >= 0.3 is 0 Å². The zero-order chi connectivity index (χ0) is 14.9. The first-order valence-electron chi connectivity index (χ1n) is 6.38. The van der Waals surface area contributed by atoms with Crippen LogP contribution < -0.4 is 4.74 Å². The first-order chi connectivity index (χ1) is 9.29. The molecule has 1 aromatic rings. The Morgan fingerprint density at radius 1 is 1.25 bits per heavy atom. The Balaban J connectivity index is 2.24. The van der Waals surface area contributed by atoms with Gasteiger partial charge in [0.15, 0.2) is 11.6 Å². The fourth-order valence-corrected chi connectivity index (χ4v) is 3.35. The van der Waals surface area contributed by atoms with Gasteiger partial charge < -0.3 is 4.74 Å². The summed E-state index contributed by atoms with van der Waals surface area (Å²) in [5, 5.41) is 0. The van der Waals surface area contributed by atoms with Crippen molar-refractivity contribution in [1.82, 2.24) is 0 Å². The van der Waals surface area contributed by atoms with Crippen LogP contribution in [-0.2, 0) is 9.05 Å². The number of hydrogen-bond acceptors (Lipinski definition) is 3. The summed E-state index contributed by atoms with van der Waals surface area (Å²) < 4.78 is 55.1. The van der Waals surface area contributed by atoms with Crippen molar-refractivity contribution >= 4 is 19.7 Å². The summed E-state index contributed by atoms with van der Waals surface area (Å²) in [4.78, 5) is -0.874. The van der Waals surface area contributed by atoms with Crippen LogP contribution in [0.25, 0.3) is 0 Å². The third-order valence-corrected chi connectivity index (χ3v) is 4.80. The Morgan fingerprint density at radius 2 is 1.95 bits per heavy atom. The van der Waals surface area contributed by atoms with Crippen molar-refractivity contribution in [3.8, 4) is 5.75 Å². The molecule has 112 valence electrons. The maximum absolute atomic E-state index is 13.8. The second-order valence-electron chi connectivity index (χ2n) is 5.14. The van der Waals surface area contributed by atoms with Crippen molar-refractivity contribution < 1.29 is 21.9 Å². The van der Waals surface area contributed by atoms with Crippen molar-refractivity contribution in [3.63, 3.8) is 0 Å². The molecular weight excluding hydrogens is 310 g/mol. The summed E-state index contributed by atoms with van der Waals surface area (Å²) in [5.74, 6) is -2.61. The molecule has 2 atom stereocenters. The van der Waals surface area contributed by atoms with E-state index in [9.17, 15) is 17.2 Å². The average molecular weight is 325 g/mol. The Kier molecular flexibility index (Phi) is 4.54. The van der Waals surface area contributed by atoms with Crippen LogP contribution in [-0.4, -0.2) is 14.5 Å². The van der Waals surface area contributed by atoms with Gasteiger partial charge in [-0.25, -0.2) is 12.8 Å². The molecule has 1 aliphatic rings. The van der Waals surface area contributed by atoms with Crippen LogP contribution in [0.15, 0.2) is 17.0 Å². The molecule has 0 spiro atoms. The van der Waals surface area contributed by atoms with Crippen molar-refractivity contribution in [2.45, 2.75) is 43.6 Å². The maximum Gasteiger partial charge on any atom is 0.264 e. The second-order valence-corrected chi connectivity index (χ2v) is 7.67. The van der Waals surface area contributed by atoms with E-state index < -0.39 is 25.6 Å². The number of halogens is 3. The molecule has 20 heavy (non-hydrogen) atoms. The number of benzene rings is 1. The van der Waals surface area contributed by atoms with Crippen molar-refractivity contribution in [3.05, 3.63) is 23.8 Å². The molecule has 0 saturated heterocycles. The Hall–Kier alpha value is -0.880. The molecule has 1 saturated carbocycles. The zero-order valence-electron chi connectivity index (χ0n) is 10.9. The lowest BCUT2D eigenvalue weighted by Gasteiger charge is -2.27. The lowest BCUT2D eigenvalue weighted by Crippen LogP contribution is -2.24. The number of hydrogen-bond donors (Lipinski definition) is 0. The molecule has 1 fully saturated rings. The summed E-state index contributed by atoms with van der Waals surface area (Å²) >= 11 is 0. The van der Waals surface area contributed by atoms with Gasteiger partial charge in [-0.1, -0.05) is 13.3 Å². The molecular formula is C13H15ClF2O3S. The summed E-state index contributed by atoms with van der Waals surface area (Å²) in [6.07, 6.45) is 3.45. The smallest absolute Gasteiger partial charge is 0.264 e. The molecule has 0 radical (unpaired) electrons. The predicted octanol–water partition coefficient (Wildman–Crippen LogP) is 3.85. The highest BCUT2D eigenvalue weighted by molar-refractivity contribution is 8.13. The molecule has 1 aromatic carbocycles. The van der Waals surface area contributed by atoms with Gasteiger partial charge in [-0.3, -0.25) is 0 Å². The van der Waals surface area contributed by atoms with Gasteiger partial charge in [-0.05, 0) is 37.3 Å². The average Bonchev–Trinajstić information content (AvgIpc) is 2.33. The van der Waals surface area contributed by atoms with Crippen LogP contribution in [0, 0.1) is 17.6 Å². The molecule has 3 nitrogen and oxygen atoms in total. The Bertz CT molecular complexity index is 604. The van der Waals surface area contributed by atoms with E-state index in [2.05, 4.69) is 6.92 Å². The predicted molar refractivity (Wildman–Crippen MR) is 71.4 cm³/mol. The fourth-order valence-electron chi connectivity index (χ4n) is 2.46. The molecule has 0 heterocycles. The molecule has 2 rings (SSSR count). The maximum atomic E-state index is 13.8. The molecule has 2 unspecified atom stereocenters. The standard InChI is InChI=1S/C13H15ClF2O3S/c1-8-3-2-4-9(7-8)19-10-5-6-11(20(14,17)18)13(16)12(10)15/h5-6,8-9H,2-4,7H2,1H3. The molecule has 0 aromatic heterocycles. The van der Waals surface area contributed by atoms with Crippen LogP contribution in [0.2, 0.25) is 0 Å². The van der Waals surface area contributed by atoms with E-state index in [0.29, 0.717) is 5.92 Å². The van der Waals surface area contributed by atoms with Crippen molar-refractivity contribution in [1.29, 1.82) is 0 Å². The molecule has 0 N–H and O–H groups in total.